The maximum atomic E-state index is 4.08. The van der Waals surface area contributed by atoms with Crippen LogP contribution in [-0.4, -0.2) is 4.98 Å². The van der Waals surface area contributed by atoms with E-state index in [-0.39, 0.29) is 0 Å². The van der Waals surface area contributed by atoms with Gasteiger partial charge in [0.25, 0.3) is 0 Å². The average molecular weight is 340 g/mol. The van der Waals surface area contributed by atoms with E-state index in [1.165, 1.54) is 31.3 Å². The average Bonchev–Trinajstić information content (AvgIpc) is 2.87. The highest BCUT2D eigenvalue weighted by molar-refractivity contribution is 9.10. The number of thiophene rings is 1. The lowest BCUT2D eigenvalue weighted by atomic mass is 10.0. The first kappa shape index (κ1) is 12.1. The zero-order chi connectivity index (χ0) is 13.5. The number of rotatable bonds is 1. The molecule has 20 heavy (non-hydrogen) atoms. The highest BCUT2D eigenvalue weighted by atomic mass is 79.9. The Morgan fingerprint density at radius 2 is 1.70 bits per heavy atom. The largest absolute Gasteiger partial charge is 0.265 e. The fraction of sp³-hybridized carbons (Fsp3) is 0. The summed E-state index contributed by atoms with van der Waals surface area (Å²) in [4.78, 5) is 4.08. The van der Waals surface area contributed by atoms with Crippen LogP contribution in [0.5, 0.6) is 0 Å². The van der Waals surface area contributed by atoms with Crippen molar-refractivity contribution in [2.24, 2.45) is 0 Å². The van der Waals surface area contributed by atoms with E-state index in [1.807, 2.05) is 35.9 Å². The molecule has 0 atom stereocenters. The first-order valence-electron chi connectivity index (χ1n) is 6.34. The molecule has 0 bridgehead atoms. The third kappa shape index (κ3) is 1.86. The number of fused-ring (bicyclic) bond motifs is 3. The summed E-state index contributed by atoms with van der Waals surface area (Å²) in [5.74, 6) is 0. The van der Waals surface area contributed by atoms with Gasteiger partial charge in [-0.05, 0) is 41.5 Å². The molecule has 2 aromatic heterocycles. The van der Waals surface area contributed by atoms with Crippen molar-refractivity contribution in [1.29, 1.82) is 0 Å². The van der Waals surface area contributed by atoms with Gasteiger partial charge in [-0.25, -0.2) is 0 Å². The molecule has 0 unspecified atom stereocenters. The van der Waals surface area contributed by atoms with Crippen LogP contribution in [0.3, 0.4) is 0 Å². The third-order valence-corrected chi connectivity index (χ3v) is 5.24. The molecular formula is C17H10BrNS. The zero-order valence-corrected chi connectivity index (χ0v) is 12.9. The van der Waals surface area contributed by atoms with Crippen LogP contribution >= 0.6 is 27.3 Å². The molecule has 0 aliphatic rings. The molecule has 2 heterocycles. The van der Waals surface area contributed by atoms with Crippen LogP contribution in [0.1, 0.15) is 0 Å². The quantitative estimate of drug-likeness (QED) is 0.422. The SMILES string of the molecule is Brc1cccc2sc3cc(-c4ccncc4)ccc3c12. The molecule has 1 nitrogen and oxygen atoms in total. The Morgan fingerprint density at radius 3 is 2.55 bits per heavy atom. The van der Waals surface area contributed by atoms with Gasteiger partial charge in [-0.3, -0.25) is 4.98 Å². The summed E-state index contributed by atoms with van der Waals surface area (Å²) in [6, 6.07) is 17.1. The van der Waals surface area contributed by atoms with Crippen molar-refractivity contribution in [2.45, 2.75) is 0 Å². The molecule has 0 radical (unpaired) electrons. The maximum Gasteiger partial charge on any atom is 0.0366 e. The van der Waals surface area contributed by atoms with E-state index < -0.39 is 0 Å². The van der Waals surface area contributed by atoms with Crippen molar-refractivity contribution < 1.29 is 0 Å². The third-order valence-electron chi connectivity index (χ3n) is 3.46. The van der Waals surface area contributed by atoms with E-state index in [9.17, 15) is 0 Å². The van der Waals surface area contributed by atoms with Gasteiger partial charge < -0.3 is 0 Å². The molecule has 0 N–H and O–H groups in total. The molecule has 0 aliphatic heterocycles. The predicted molar refractivity (Wildman–Crippen MR) is 90.3 cm³/mol. The minimum absolute atomic E-state index is 1.16. The highest BCUT2D eigenvalue weighted by Gasteiger charge is 2.08. The van der Waals surface area contributed by atoms with E-state index in [2.05, 4.69) is 57.3 Å². The summed E-state index contributed by atoms with van der Waals surface area (Å²) in [6.45, 7) is 0. The van der Waals surface area contributed by atoms with E-state index >= 15 is 0 Å². The smallest absolute Gasteiger partial charge is 0.0366 e. The molecule has 0 fully saturated rings. The Labute approximate surface area is 129 Å². The Hall–Kier alpha value is -1.71. The number of nitrogens with zero attached hydrogens (tertiary/aromatic N) is 1. The van der Waals surface area contributed by atoms with Crippen LogP contribution in [0.15, 0.2) is 65.4 Å². The van der Waals surface area contributed by atoms with Gasteiger partial charge in [0.15, 0.2) is 0 Å². The summed E-state index contributed by atoms with van der Waals surface area (Å²) in [7, 11) is 0. The van der Waals surface area contributed by atoms with Crippen molar-refractivity contribution in [3.05, 3.63) is 65.4 Å². The van der Waals surface area contributed by atoms with Crippen molar-refractivity contribution >= 4 is 47.4 Å². The number of hydrogen-bond donors (Lipinski definition) is 0. The van der Waals surface area contributed by atoms with Crippen LogP contribution in [0, 0.1) is 0 Å². The van der Waals surface area contributed by atoms with Gasteiger partial charge in [0.05, 0.1) is 0 Å². The normalized spacial score (nSPS) is 11.2. The lowest BCUT2D eigenvalue weighted by Crippen LogP contribution is -1.77. The summed E-state index contributed by atoms with van der Waals surface area (Å²) < 4.78 is 3.81. The van der Waals surface area contributed by atoms with E-state index in [4.69, 9.17) is 0 Å². The summed E-state index contributed by atoms with van der Waals surface area (Å²) in [6.07, 6.45) is 3.67. The Kier molecular flexibility index (Phi) is 2.83. The van der Waals surface area contributed by atoms with Gasteiger partial charge in [-0.15, -0.1) is 11.3 Å². The van der Waals surface area contributed by atoms with Gasteiger partial charge in [-0.2, -0.15) is 0 Å². The van der Waals surface area contributed by atoms with Crippen LogP contribution in [0.25, 0.3) is 31.3 Å². The van der Waals surface area contributed by atoms with Crippen molar-refractivity contribution in [1.82, 2.24) is 4.98 Å². The first-order valence-corrected chi connectivity index (χ1v) is 7.95. The monoisotopic (exact) mass is 339 g/mol. The minimum Gasteiger partial charge on any atom is -0.265 e. The fourth-order valence-corrected chi connectivity index (χ4v) is 4.39. The van der Waals surface area contributed by atoms with Crippen molar-refractivity contribution in [3.8, 4) is 11.1 Å². The number of benzene rings is 2. The van der Waals surface area contributed by atoms with Gasteiger partial charge in [0.1, 0.15) is 0 Å². The van der Waals surface area contributed by atoms with E-state index in [0.29, 0.717) is 0 Å². The summed E-state index contributed by atoms with van der Waals surface area (Å²) in [5.41, 5.74) is 2.45. The van der Waals surface area contributed by atoms with Gasteiger partial charge in [0.2, 0.25) is 0 Å². The molecule has 4 rings (SSSR count). The fourth-order valence-electron chi connectivity index (χ4n) is 2.51. The van der Waals surface area contributed by atoms with Gasteiger partial charge >= 0.3 is 0 Å². The van der Waals surface area contributed by atoms with Gasteiger partial charge in [0, 0.05) is 37.0 Å². The molecule has 0 saturated carbocycles. The molecule has 96 valence electrons. The Morgan fingerprint density at radius 1 is 0.850 bits per heavy atom. The Bertz CT molecular complexity index is 912. The number of pyridine rings is 1. The van der Waals surface area contributed by atoms with Gasteiger partial charge in [-0.1, -0.05) is 34.1 Å². The minimum atomic E-state index is 1.16. The van der Waals surface area contributed by atoms with Crippen molar-refractivity contribution in [2.75, 3.05) is 0 Å². The van der Waals surface area contributed by atoms with Crippen LogP contribution < -0.4 is 0 Å². The second-order valence-electron chi connectivity index (χ2n) is 4.66. The first-order chi connectivity index (χ1) is 9.83. The molecule has 0 aliphatic carbocycles. The Balaban J connectivity index is 2.01. The van der Waals surface area contributed by atoms with Crippen LogP contribution in [-0.2, 0) is 0 Å². The summed E-state index contributed by atoms with van der Waals surface area (Å²) in [5, 5.41) is 2.63. The van der Waals surface area contributed by atoms with Crippen LogP contribution in [0.4, 0.5) is 0 Å². The molecule has 0 saturated heterocycles. The number of halogens is 1. The predicted octanol–water partition coefficient (Wildman–Crippen LogP) is 5.88. The van der Waals surface area contributed by atoms with E-state index in [0.717, 1.165) is 4.47 Å². The molecule has 4 aromatic rings. The second kappa shape index (κ2) is 4.69. The molecule has 0 spiro atoms. The summed E-state index contributed by atoms with van der Waals surface area (Å²) >= 11 is 5.50. The maximum absolute atomic E-state index is 4.08. The second-order valence-corrected chi connectivity index (χ2v) is 6.60. The zero-order valence-electron chi connectivity index (χ0n) is 10.5. The molecule has 3 heteroatoms. The van der Waals surface area contributed by atoms with Crippen LogP contribution in [0.2, 0.25) is 0 Å². The standard InChI is InChI=1S/C17H10BrNS/c18-14-2-1-3-15-17(14)13-5-4-12(10-16(13)20-15)11-6-8-19-9-7-11/h1-10H. The topological polar surface area (TPSA) is 12.9 Å². The highest BCUT2D eigenvalue weighted by Crippen LogP contribution is 2.39. The number of hydrogen-bond acceptors (Lipinski definition) is 2. The molecule has 2 aromatic carbocycles. The van der Waals surface area contributed by atoms with Crippen molar-refractivity contribution in [3.63, 3.8) is 0 Å². The van der Waals surface area contributed by atoms with E-state index in [1.54, 1.807) is 0 Å². The molecular weight excluding hydrogens is 330 g/mol. The number of aromatic nitrogens is 1. The lowest BCUT2D eigenvalue weighted by Gasteiger charge is -2.01. The molecule has 0 amide bonds. The lowest BCUT2D eigenvalue weighted by molar-refractivity contribution is 1.33.